The molecule has 1 aliphatic heterocycles. The van der Waals surface area contributed by atoms with Gasteiger partial charge in [0.15, 0.2) is 9.84 Å². The fourth-order valence-corrected chi connectivity index (χ4v) is 3.27. The smallest absolute Gasteiger partial charge is 0.259 e. The second-order valence-electron chi connectivity index (χ2n) is 5.73. The number of sulfone groups is 1. The normalized spacial score (nSPS) is 15.0. The number of anilines is 2. The molecule has 2 heterocycles. The van der Waals surface area contributed by atoms with Gasteiger partial charge in [-0.1, -0.05) is 6.07 Å². The maximum absolute atomic E-state index is 12.7. The van der Waals surface area contributed by atoms with Gasteiger partial charge in [-0.3, -0.25) is 4.79 Å². The van der Waals surface area contributed by atoms with Crippen LogP contribution < -0.4 is 10.2 Å². The van der Waals surface area contributed by atoms with Gasteiger partial charge in [-0.2, -0.15) is 0 Å². The van der Waals surface area contributed by atoms with Crippen molar-refractivity contribution >= 4 is 27.2 Å². The Kier molecular flexibility index (Phi) is 5.00. The van der Waals surface area contributed by atoms with Crippen LogP contribution in [0, 0.1) is 0 Å². The Labute approximate surface area is 146 Å². The van der Waals surface area contributed by atoms with Crippen LogP contribution in [0.25, 0.3) is 0 Å². The Hall–Kier alpha value is -2.45. The monoisotopic (exact) mass is 361 g/mol. The number of hydrogen-bond donors (Lipinski definition) is 1. The van der Waals surface area contributed by atoms with Crippen molar-refractivity contribution in [3.63, 3.8) is 0 Å². The molecule has 1 fully saturated rings. The molecule has 8 heteroatoms. The minimum atomic E-state index is -3.34. The van der Waals surface area contributed by atoms with E-state index in [2.05, 4.69) is 10.3 Å². The average molecular weight is 361 g/mol. The number of hydrogen-bond acceptors (Lipinski definition) is 6. The molecule has 2 aromatic rings. The number of amides is 1. The summed E-state index contributed by atoms with van der Waals surface area (Å²) in [5, 5.41) is 2.75. The van der Waals surface area contributed by atoms with Gasteiger partial charge in [0.2, 0.25) is 0 Å². The van der Waals surface area contributed by atoms with Gasteiger partial charge in [0.1, 0.15) is 5.82 Å². The minimum absolute atomic E-state index is 0.157. The van der Waals surface area contributed by atoms with Crippen molar-refractivity contribution in [2.45, 2.75) is 4.90 Å². The van der Waals surface area contributed by atoms with Crippen LogP contribution in [0.3, 0.4) is 0 Å². The molecule has 0 radical (unpaired) electrons. The lowest BCUT2D eigenvalue weighted by atomic mass is 10.2. The van der Waals surface area contributed by atoms with Crippen molar-refractivity contribution in [3.05, 3.63) is 48.2 Å². The molecule has 0 bridgehead atoms. The van der Waals surface area contributed by atoms with E-state index >= 15 is 0 Å². The molecule has 1 aliphatic rings. The molecule has 1 saturated heterocycles. The van der Waals surface area contributed by atoms with Crippen molar-refractivity contribution in [1.29, 1.82) is 0 Å². The highest BCUT2D eigenvalue weighted by atomic mass is 32.2. The largest absolute Gasteiger partial charge is 0.378 e. The van der Waals surface area contributed by atoms with E-state index < -0.39 is 9.84 Å². The number of ether oxygens (including phenoxy) is 1. The van der Waals surface area contributed by atoms with Crippen LogP contribution in [-0.2, 0) is 14.6 Å². The Morgan fingerprint density at radius 3 is 2.68 bits per heavy atom. The highest BCUT2D eigenvalue weighted by Crippen LogP contribution is 2.21. The lowest BCUT2D eigenvalue weighted by molar-refractivity contribution is 0.102. The lowest BCUT2D eigenvalue weighted by Crippen LogP contribution is -2.38. The molecule has 0 spiro atoms. The van der Waals surface area contributed by atoms with Crippen LogP contribution in [0.15, 0.2) is 47.5 Å². The van der Waals surface area contributed by atoms with E-state index in [4.69, 9.17) is 4.74 Å². The molecule has 1 amide bonds. The van der Waals surface area contributed by atoms with E-state index in [9.17, 15) is 13.2 Å². The third kappa shape index (κ3) is 4.15. The zero-order chi connectivity index (χ0) is 17.9. The molecule has 25 heavy (non-hydrogen) atoms. The summed E-state index contributed by atoms with van der Waals surface area (Å²) in [4.78, 5) is 19.2. The van der Waals surface area contributed by atoms with Crippen LogP contribution in [0.4, 0.5) is 11.5 Å². The summed E-state index contributed by atoms with van der Waals surface area (Å²) in [5.41, 5.74) is 0.860. The molecule has 0 unspecified atom stereocenters. The summed E-state index contributed by atoms with van der Waals surface area (Å²) in [5.74, 6) is 0.266. The number of carbonyl (C=O) groups is 1. The molecule has 0 aliphatic carbocycles. The van der Waals surface area contributed by atoms with Crippen LogP contribution in [0.1, 0.15) is 10.4 Å². The third-order valence-electron chi connectivity index (χ3n) is 3.86. The van der Waals surface area contributed by atoms with Crippen molar-refractivity contribution in [2.24, 2.45) is 0 Å². The molecule has 0 atom stereocenters. The number of rotatable bonds is 4. The van der Waals surface area contributed by atoms with Gasteiger partial charge in [-0.25, -0.2) is 13.4 Å². The van der Waals surface area contributed by atoms with Gasteiger partial charge in [0, 0.05) is 31.2 Å². The van der Waals surface area contributed by atoms with Crippen LogP contribution >= 0.6 is 0 Å². The van der Waals surface area contributed by atoms with Gasteiger partial charge in [0.05, 0.1) is 23.7 Å². The molecule has 0 saturated carbocycles. The lowest BCUT2D eigenvalue weighted by Gasteiger charge is -2.29. The van der Waals surface area contributed by atoms with E-state index in [-0.39, 0.29) is 10.8 Å². The first-order valence-corrected chi connectivity index (χ1v) is 9.73. The fourth-order valence-electron chi connectivity index (χ4n) is 2.60. The molecule has 1 N–H and O–H groups in total. The third-order valence-corrected chi connectivity index (χ3v) is 4.97. The number of nitrogens with zero attached hydrogens (tertiary/aromatic N) is 2. The first kappa shape index (κ1) is 17.4. The number of carbonyl (C=O) groups excluding carboxylic acids is 1. The number of pyridine rings is 1. The Morgan fingerprint density at radius 2 is 1.96 bits per heavy atom. The highest BCUT2D eigenvalue weighted by molar-refractivity contribution is 7.90. The molecular weight excluding hydrogens is 342 g/mol. The van der Waals surface area contributed by atoms with Crippen LogP contribution in [0.5, 0.6) is 0 Å². The van der Waals surface area contributed by atoms with Crippen molar-refractivity contribution in [2.75, 3.05) is 42.8 Å². The molecule has 3 rings (SSSR count). The quantitative estimate of drug-likeness (QED) is 0.889. The number of aromatic nitrogens is 1. The second-order valence-corrected chi connectivity index (χ2v) is 7.74. The molecule has 1 aromatic carbocycles. The SMILES string of the molecule is CS(=O)(=O)c1cccc(NC(=O)c2cccnc2N2CCOCC2)c1. The number of nitrogens with one attached hydrogen (secondary N) is 1. The Morgan fingerprint density at radius 1 is 1.20 bits per heavy atom. The van der Waals surface area contributed by atoms with Gasteiger partial charge >= 0.3 is 0 Å². The van der Waals surface area contributed by atoms with Gasteiger partial charge in [-0.05, 0) is 30.3 Å². The van der Waals surface area contributed by atoms with Gasteiger partial charge in [-0.15, -0.1) is 0 Å². The first-order valence-electron chi connectivity index (χ1n) is 7.84. The standard InChI is InChI=1S/C17H19N3O4S/c1-25(22,23)14-5-2-4-13(12-14)19-17(21)15-6-3-7-18-16(15)20-8-10-24-11-9-20/h2-7,12H,8-11H2,1H3,(H,19,21). The zero-order valence-electron chi connectivity index (χ0n) is 13.8. The maximum atomic E-state index is 12.7. The van der Waals surface area contributed by atoms with Crippen LogP contribution in [0.2, 0.25) is 0 Å². The zero-order valence-corrected chi connectivity index (χ0v) is 14.6. The van der Waals surface area contributed by atoms with E-state index in [1.807, 2.05) is 4.90 Å². The summed E-state index contributed by atoms with van der Waals surface area (Å²) >= 11 is 0. The summed E-state index contributed by atoms with van der Waals surface area (Å²) in [6.07, 6.45) is 2.78. The molecule has 7 nitrogen and oxygen atoms in total. The van der Waals surface area contributed by atoms with Crippen molar-refractivity contribution < 1.29 is 17.9 Å². The molecule has 132 valence electrons. The first-order chi connectivity index (χ1) is 11.9. The predicted molar refractivity (Wildman–Crippen MR) is 94.8 cm³/mol. The number of benzene rings is 1. The Balaban J connectivity index is 1.85. The summed E-state index contributed by atoms with van der Waals surface area (Å²) in [6, 6.07) is 9.58. The minimum Gasteiger partial charge on any atom is -0.378 e. The van der Waals surface area contributed by atoms with Crippen molar-refractivity contribution in [1.82, 2.24) is 4.98 Å². The predicted octanol–water partition coefficient (Wildman–Crippen LogP) is 1.57. The second kappa shape index (κ2) is 7.20. The summed E-state index contributed by atoms with van der Waals surface area (Å²) < 4.78 is 28.7. The Bertz CT molecular complexity index is 877. The summed E-state index contributed by atoms with van der Waals surface area (Å²) in [7, 11) is -3.34. The molecule has 1 aromatic heterocycles. The van der Waals surface area contributed by atoms with Gasteiger partial charge < -0.3 is 15.0 Å². The highest BCUT2D eigenvalue weighted by Gasteiger charge is 2.20. The average Bonchev–Trinajstić information content (AvgIpc) is 2.62. The number of morpholine rings is 1. The van der Waals surface area contributed by atoms with E-state index in [0.29, 0.717) is 43.4 Å². The summed E-state index contributed by atoms with van der Waals surface area (Å²) in [6.45, 7) is 2.52. The fraction of sp³-hybridized carbons (Fsp3) is 0.294. The van der Waals surface area contributed by atoms with E-state index in [1.165, 1.54) is 12.1 Å². The van der Waals surface area contributed by atoms with Gasteiger partial charge in [0.25, 0.3) is 5.91 Å². The topological polar surface area (TPSA) is 88.6 Å². The van der Waals surface area contributed by atoms with Crippen LogP contribution in [-0.4, -0.2) is 51.9 Å². The molecular formula is C17H19N3O4S. The van der Waals surface area contributed by atoms with E-state index in [0.717, 1.165) is 6.26 Å². The van der Waals surface area contributed by atoms with E-state index in [1.54, 1.807) is 30.5 Å². The maximum Gasteiger partial charge on any atom is 0.259 e. The van der Waals surface area contributed by atoms with Crippen molar-refractivity contribution in [3.8, 4) is 0 Å².